The lowest BCUT2D eigenvalue weighted by atomic mass is 10.1. The van der Waals surface area contributed by atoms with Gasteiger partial charge in [-0.1, -0.05) is 24.3 Å². The van der Waals surface area contributed by atoms with Crippen LogP contribution in [0.5, 0.6) is 11.5 Å². The summed E-state index contributed by atoms with van der Waals surface area (Å²) in [6, 6.07) is 15.0. The molecule has 0 aliphatic carbocycles. The van der Waals surface area contributed by atoms with Gasteiger partial charge in [0, 0.05) is 7.05 Å². The lowest BCUT2D eigenvalue weighted by Crippen LogP contribution is -2.33. The van der Waals surface area contributed by atoms with Crippen LogP contribution in [0.1, 0.15) is 16.6 Å². The van der Waals surface area contributed by atoms with E-state index in [-0.39, 0.29) is 16.8 Å². The average molecular weight is 426 g/mol. The number of rotatable bonds is 5. The maximum absolute atomic E-state index is 13.4. The summed E-state index contributed by atoms with van der Waals surface area (Å²) in [6.07, 6.45) is 0. The molecular weight excluding hydrogens is 402 g/mol. The third-order valence-corrected chi connectivity index (χ3v) is 6.54. The molecule has 2 aromatic carbocycles. The first-order chi connectivity index (χ1) is 14.5. The van der Waals surface area contributed by atoms with Gasteiger partial charge < -0.3 is 9.47 Å². The molecule has 1 saturated heterocycles. The van der Waals surface area contributed by atoms with Crippen LogP contribution in [0.15, 0.2) is 53.3 Å². The number of nitrogens with zero attached hydrogens (tertiary/aromatic N) is 3. The van der Waals surface area contributed by atoms with E-state index in [9.17, 15) is 9.59 Å². The molecule has 156 valence electrons. The van der Waals surface area contributed by atoms with Gasteiger partial charge in [-0.2, -0.15) is 0 Å². The number of aromatic nitrogens is 2. The highest BCUT2D eigenvalue weighted by molar-refractivity contribution is 8.00. The molecule has 1 amide bonds. The highest BCUT2D eigenvalue weighted by Crippen LogP contribution is 2.44. The maximum Gasteiger partial charge on any atom is 0.295 e. The number of methoxy groups -OCH3 is 2. The molecule has 30 heavy (non-hydrogen) atoms. The summed E-state index contributed by atoms with van der Waals surface area (Å²) in [7, 11) is 4.98. The van der Waals surface area contributed by atoms with E-state index in [2.05, 4.69) is 0 Å². The fourth-order valence-corrected chi connectivity index (χ4v) is 4.90. The van der Waals surface area contributed by atoms with Gasteiger partial charge in [-0.15, -0.1) is 11.8 Å². The molecule has 1 fully saturated rings. The van der Waals surface area contributed by atoms with Crippen LogP contribution in [0.4, 0.5) is 5.69 Å². The third-order valence-electron chi connectivity index (χ3n) is 5.33. The van der Waals surface area contributed by atoms with Gasteiger partial charge in [0.1, 0.15) is 11.1 Å². The van der Waals surface area contributed by atoms with E-state index in [1.807, 2.05) is 62.5 Å². The predicted octanol–water partition coefficient (Wildman–Crippen LogP) is 3.28. The quantitative estimate of drug-likeness (QED) is 0.628. The molecule has 1 aliphatic rings. The summed E-state index contributed by atoms with van der Waals surface area (Å²) in [5.74, 6) is 1.41. The Hall–Kier alpha value is -3.13. The Morgan fingerprint density at radius 1 is 1.00 bits per heavy atom. The number of carbonyl (C=O) groups is 1. The van der Waals surface area contributed by atoms with Gasteiger partial charge in [-0.25, -0.2) is 4.68 Å². The van der Waals surface area contributed by atoms with Gasteiger partial charge >= 0.3 is 0 Å². The van der Waals surface area contributed by atoms with Crippen molar-refractivity contribution >= 4 is 23.4 Å². The zero-order valence-corrected chi connectivity index (χ0v) is 18.1. The Morgan fingerprint density at radius 2 is 1.70 bits per heavy atom. The minimum Gasteiger partial charge on any atom is -0.493 e. The number of hydrogen-bond acceptors (Lipinski definition) is 5. The molecule has 7 nitrogen and oxygen atoms in total. The fraction of sp³-hybridized carbons (Fsp3) is 0.273. The summed E-state index contributed by atoms with van der Waals surface area (Å²) >= 11 is 1.49. The van der Waals surface area contributed by atoms with Gasteiger partial charge in [0.05, 0.1) is 31.4 Å². The van der Waals surface area contributed by atoms with Crippen molar-refractivity contribution < 1.29 is 14.3 Å². The van der Waals surface area contributed by atoms with Crippen molar-refractivity contribution in [2.24, 2.45) is 7.05 Å². The molecule has 0 unspecified atom stereocenters. The minimum absolute atomic E-state index is 0.0919. The van der Waals surface area contributed by atoms with E-state index in [4.69, 9.17) is 9.47 Å². The van der Waals surface area contributed by atoms with Crippen LogP contribution in [0.3, 0.4) is 0 Å². The molecule has 0 bridgehead atoms. The number of carbonyl (C=O) groups excluding carboxylic acids is 1. The first-order valence-corrected chi connectivity index (χ1v) is 10.5. The van der Waals surface area contributed by atoms with Gasteiger partial charge in [0.15, 0.2) is 11.5 Å². The highest BCUT2D eigenvalue weighted by Gasteiger charge is 2.38. The topological polar surface area (TPSA) is 65.7 Å². The second-order valence-electron chi connectivity index (χ2n) is 6.95. The summed E-state index contributed by atoms with van der Waals surface area (Å²) in [4.78, 5) is 27.9. The molecular formula is C22H23N3O4S. The molecule has 1 aromatic heterocycles. The van der Waals surface area contributed by atoms with Crippen molar-refractivity contribution in [2.45, 2.75) is 12.3 Å². The van der Waals surface area contributed by atoms with E-state index < -0.39 is 0 Å². The number of ether oxygens (including phenoxy) is 2. The van der Waals surface area contributed by atoms with E-state index in [0.29, 0.717) is 22.9 Å². The second-order valence-corrected chi connectivity index (χ2v) is 8.02. The molecule has 0 N–H and O–H groups in total. The number of benzene rings is 2. The monoisotopic (exact) mass is 425 g/mol. The lowest BCUT2D eigenvalue weighted by Gasteiger charge is -2.23. The minimum atomic E-state index is -0.324. The standard InChI is InChI=1S/C22H23N3O4S/c1-14-20(21(27)25(23(14)2)16-8-6-5-7-9-16)24-19(26)13-30-22(24)15-10-11-17(28-3)18(12-15)29-4/h5-12,22H,13H2,1-4H3/t22-/m0/s1. The van der Waals surface area contributed by atoms with Crippen molar-refractivity contribution in [3.8, 4) is 17.2 Å². The number of para-hydroxylation sites is 1. The zero-order valence-electron chi connectivity index (χ0n) is 17.3. The van der Waals surface area contributed by atoms with Crippen molar-refractivity contribution in [3.63, 3.8) is 0 Å². The largest absolute Gasteiger partial charge is 0.493 e. The average Bonchev–Trinajstić information content (AvgIpc) is 3.24. The Labute approximate surface area is 178 Å². The van der Waals surface area contributed by atoms with E-state index in [1.165, 1.54) is 11.8 Å². The van der Waals surface area contributed by atoms with Crippen LogP contribution in [0.25, 0.3) is 5.69 Å². The third kappa shape index (κ3) is 3.17. The van der Waals surface area contributed by atoms with Crippen LogP contribution in [-0.2, 0) is 11.8 Å². The van der Waals surface area contributed by atoms with Crippen molar-refractivity contribution in [2.75, 3.05) is 24.9 Å². The molecule has 0 radical (unpaired) electrons. The van der Waals surface area contributed by atoms with Crippen LogP contribution >= 0.6 is 11.8 Å². The summed E-state index contributed by atoms with van der Waals surface area (Å²) in [5, 5.41) is -0.324. The van der Waals surface area contributed by atoms with Crippen molar-refractivity contribution in [3.05, 3.63) is 70.1 Å². The summed E-state index contributed by atoms with van der Waals surface area (Å²) in [5.41, 5.74) is 2.53. The smallest absolute Gasteiger partial charge is 0.295 e. The Bertz CT molecular complexity index is 1150. The molecule has 0 spiro atoms. The number of thioether (sulfide) groups is 1. The Balaban J connectivity index is 1.83. The van der Waals surface area contributed by atoms with Gasteiger partial charge in [0.2, 0.25) is 5.91 Å². The van der Waals surface area contributed by atoms with Crippen LogP contribution in [0.2, 0.25) is 0 Å². The normalized spacial score (nSPS) is 16.2. The van der Waals surface area contributed by atoms with Crippen LogP contribution in [-0.4, -0.2) is 35.2 Å². The van der Waals surface area contributed by atoms with Gasteiger partial charge in [-0.05, 0) is 36.8 Å². The second kappa shape index (κ2) is 7.95. The van der Waals surface area contributed by atoms with Crippen molar-refractivity contribution in [1.82, 2.24) is 9.36 Å². The van der Waals surface area contributed by atoms with Crippen LogP contribution in [0, 0.1) is 6.92 Å². The number of anilines is 1. The fourth-order valence-electron chi connectivity index (χ4n) is 3.75. The zero-order chi connectivity index (χ0) is 21.4. The lowest BCUT2D eigenvalue weighted by molar-refractivity contribution is -0.115. The maximum atomic E-state index is 13.4. The first kappa shape index (κ1) is 20.2. The number of amides is 1. The SMILES string of the molecule is COc1ccc([C@@H]2SCC(=O)N2c2c(C)n(C)n(-c3ccccc3)c2=O)cc1OC. The molecule has 3 aromatic rings. The van der Waals surface area contributed by atoms with E-state index >= 15 is 0 Å². The Morgan fingerprint density at radius 3 is 2.37 bits per heavy atom. The molecule has 2 heterocycles. The first-order valence-electron chi connectivity index (χ1n) is 9.47. The molecule has 0 saturated carbocycles. The molecule has 4 rings (SSSR count). The number of hydrogen-bond donors (Lipinski definition) is 0. The molecule has 1 aliphatic heterocycles. The van der Waals surface area contributed by atoms with Crippen molar-refractivity contribution in [1.29, 1.82) is 0 Å². The van der Waals surface area contributed by atoms with Gasteiger partial charge in [0.25, 0.3) is 5.56 Å². The van der Waals surface area contributed by atoms with Crippen LogP contribution < -0.4 is 19.9 Å². The molecule has 8 heteroatoms. The predicted molar refractivity (Wildman–Crippen MR) is 118 cm³/mol. The molecule has 1 atom stereocenters. The van der Waals surface area contributed by atoms with Gasteiger partial charge in [-0.3, -0.25) is 19.2 Å². The summed E-state index contributed by atoms with van der Waals surface area (Å²) < 4.78 is 14.1. The van der Waals surface area contributed by atoms with E-state index in [1.54, 1.807) is 28.5 Å². The van der Waals surface area contributed by atoms with E-state index in [0.717, 1.165) is 16.9 Å². The summed E-state index contributed by atoms with van der Waals surface area (Å²) in [6.45, 7) is 1.86. The Kier molecular flexibility index (Phi) is 5.34. The highest BCUT2D eigenvalue weighted by atomic mass is 32.2.